The quantitative estimate of drug-likeness (QED) is 0.175. The molecule has 1 fully saturated rings. The summed E-state index contributed by atoms with van der Waals surface area (Å²) in [4.78, 5) is 21.4. The van der Waals surface area contributed by atoms with Crippen LogP contribution in [-0.4, -0.2) is 60.8 Å². The Morgan fingerprint density at radius 3 is 2.88 bits per heavy atom. The first kappa shape index (κ1) is 21.2. The largest absolute Gasteiger partial charge is 0.293 e. The first-order valence-corrected chi connectivity index (χ1v) is 13.2. The van der Waals surface area contributed by atoms with E-state index in [1.807, 2.05) is 12.4 Å². The van der Waals surface area contributed by atoms with E-state index in [2.05, 4.69) is 68.5 Å². The number of rotatable bonds is 8. The van der Waals surface area contributed by atoms with Gasteiger partial charge in [0, 0.05) is 59.7 Å². The van der Waals surface area contributed by atoms with Crippen molar-refractivity contribution < 1.29 is 0 Å². The molecule has 1 aliphatic heterocycles. The summed E-state index contributed by atoms with van der Waals surface area (Å²) in [5.41, 5.74) is 3.34. The van der Waals surface area contributed by atoms with Crippen molar-refractivity contribution in [2.24, 2.45) is 0 Å². The molecule has 0 saturated heterocycles. The van der Waals surface area contributed by atoms with Gasteiger partial charge in [-0.25, -0.2) is 19.9 Å². The Morgan fingerprint density at radius 2 is 2.06 bits per heavy atom. The Morgan fingerprint density at radius 1 is 1.15 bits per heavy atom. The van der Waals surface area contributed by atoms with Crippen LogP contribution < -0.4 is 5.01 Å². The van der Waals surface area contributed by atoms with Crippen LogP contribution >= 0.6 is 24.4 Å². The molecule has 0 atom stereocenters. The summed E-state index contributed by atoms with van der Waals surface area (Å²) in [6.45, 7) is 5.05. The zero-order valence-electron chi connectivity index (χ0n) is 18.7. The van der Waals surface area contributed by atoms with E-state index in [0.717, 1.165) is 70.9 Å². The van der Waals surface area contributed by atoms with Crippen molar-refractivity contribution in [3.8, 4) is 0 Å². The molecule has 0 spiro atoms. The van der Waals surface area contributed by atoms with Crippen molar-refractivity contribution in [1.29, 1.82) is 0 Å². The van der Waals surface area contributed by atoms with E-state index in [-0.39, 0.29) is 0 Å². The molecule has 7 nitrogen and oxygen atoms in total. The lowest BCUT2D eigenvalue weighted by atomic mass is 10.2. The van der Waals surface area contributed by atoms with E-state index in [9.17, 15) is 0 Å². The van der Waals surface area contributed by atoms with Crippen LogP contribution in [0.2, 0.25) is 0 Å². The van der Waals surface area contributed by atoms with Crippen LogP contribution in [-0.2, 0) is 6.42 Å². The van der Waals surface area contributed by atoms with Crippen molar-refractivity contribution in [3.63, 3.8) is 0 Å². The topological polar surface area (TPSA) is 63.0 Å². The van der Waals surface area contributed by atoms with E-state index in [1.54, 1.807) is 11.8 Å². The first-order valence-electron chi connectivity index (χ1n) is 11.6. The van der Waals surface area contributed by atoms with Gasteiger partial charge in [-0.05, 0) is 44.0 Å². The number of anilines is 1. The average Bonchev–Trinajstić information content (AvgIpc) is 3.50. The van der Waals surface area contributed by atoms with Gasteiger partial charge >= 0.3 is 0 Å². The highest BCUT2D eigenvalue weighted by atomic mass is 32.2. The van der Waals surface area contributed by atoms with Gasteiger partial charge in [-0.1, -0.05) is 18.7 Å². The van der Waals surface area contributed by atoms with Crippen molar-refractivity contribution in [2.45, 2.75) is 37.3 Å². The summed E-state index contributed by atoms with van der Waals surface area (Å²) in [5.74, 6) is 4.32. The third kappa shape index (κ3) is 4.06. The molecular formula is C24H27N7S2. The van der Waals surface area contributed by atoms with Crippen LogP contribution in [0, 0.1) is 0 Å². The maximum absolute atomic E-state index is 4.95. The molecule has 1 aromatic carbocycles. The number of thioether (sulfide) groups is 1. The van der Waals surface area contributed by atoms with Crippen LogP contribution in [0.25, 0.3) is 21.8 Å². The van der Waals surface area contributed by atoms with Crippen LogP contribution in [0.5, 0.6) is 0 Å². The second-order valence-electron chi connectivity index (χ2n) is 8.71. The maximum atomic E-state index is 4.95. The van der Waals surface area contributed by atoms with Gasteiger partial charge in [0.05, 0.1) is 16.9 Å². The predicted octanol–water partition coefficient (Wildman–Crippen LogP) is 4.38. The highest BCUT2D eigenvalue weighted by Gasteiger charge is 2.30. The number of benzene rings is 1. The zero-order chi connectivity index (χ0) is 22.4. The number of thiol groups is 1. The molecule has 0 radical (unpaired) electrons. The fraction of sp³-hybridized carbons (Fsp3) is 0.417. The van der Waals surface area contributed by atoms with E-state index >= 15 is 0 Å². The minimum absolute atomic E-state index is 0.548. The second kappa shape index (κ2) is 8.77. The molecule has 0 N–H and O–H groups in total. The van der Waals surface area contributed by atoms with Crippen molar-refractivity contribution in [3.05, 3.63) is 48.2 Å². The lowest BCUT2D eigenvalue weighted by Crippen LogP contribution is -2.27. The molecule has 1 saturated carbocycles. The van der Waals surface area contributed by atoms with Crippen molar-refractivity contribution in [1.82, 2.24) is 29.5 Å². The normalized spacial score (nSPS) is 15.8. The van der Waals surface area contributed by atoms with E-state index in [0.29, 0.717) is 5.92 Å². The predicted molar refractivity (Wildman–Crippen MR) is 137 cm³/mol. The van der Waals surface area contributed by atoms with Gasteiger partial charge in [-0.15, -0.1) is 0 Å². The van der Waals surface area contributed by atoms with E-state index < -0.39 is 0 Å². The Kier molecular flexibility index (Phi) is 5.63. The van der Waals surface area contributed by atoms with Crippen LogP contribution in [0.4, 0.5) is 5.82 Å². The fourth-order valence-corrected chi connectivity index (χ4v) is 5.59. The minimum atomic E-state index is 0.548. The zero-order valence-corrected chi connectivity index (χ0v) is 20.4. The third-order valence-electron chi connectivity index (χ3n) is 6.49. The average molecular weight is 478 g/mol. The number of fused-ring (bicyclic) bond motifs is 3. The summed E-state index contributed by atoms with van der Waals surface area (Å²) in [6, 6.07) is 6.53. The van der Waals surface area contributed by atoms with Crippen LogP contribution in [0.3, 0.4) is 0 Å². The smallest absolute Gasteiger partial charge is 0.189 e. The Bertz CT molecular complexity index is 1320. The molecule has 170 valence electrons. The molecule has 3 aromatic heterocycles. The Hall–Kier alpha value is -2.36. The second-order valence-corrected chi connectivity index (χ2v) is 10.1. The Balaban J connectivity index is 1.33. The number of nitrogens with zero attached hydrogens (tertiary/aromatic N) is 7. The molecule has 33 heavy (non-hydrogen) atoms. The molecule has 4 heterocycles. The highest BCUT2D eigenvalue weighted by Crippen LogP contribution is 2.40. The summed E-state index contributed by atoms with van der Waals surface area (Å²) in [7, 11) is 0. The molecule has 0 amide bonds. The van der Waals surface area contributed by atoms with Crippen LogP contribution in [0.15, 0.2) is 41.9 Å². The number of hydrogen-bond donors (Lipinski definition) is 1. The molecule has 1 aliphatic carbocycles. The van der Waals surface area contributed by atoms with E-state index in [1.165, 1.54) is 23.8 Å². The van der Waals surface area contributed by atoms with Gasteiger partial charge in [0.2, 0.25) is 0 Å². The van der Waals surface area contributed by atoms with Crippen molar-refractivity contribution in [2.75, 3.05) is 36.3 Å². The number of aromatic nitrogens is 5. The molecule has 0 bridgehead atoms. The molecule has 6 rings (SSSR count). The lowest BCUT2D eigenvalue weighted by Gasteiger charge is -2.21. The molecule has 0 unspecified atom stereocenters. The molecule has 2 aliphatic rings. The number of hydrogen-bond acceptors (Lipinski definition) is 8. The third-order valence-corrected chi connectivity index (χ3v) is 7.64. The standard InChI is InChI=1S/C24H27N7S2/c1-2-29(9-10-32)15-33-24-26-14-19-11-17-5-7-30(21(17)12-20(19)27-24)31-8-6-18-13-25-22(16-3-4-16)28-23(18)31/h5,7,11-14,16,32H,2-4,6,8-10,15H2,1H3. The first-order chi connectivity index (χ1) is 16.2. The van der Waals surface area contributed by atoms with Gasteiger partial charge in [-0.3, -0.25) is 14.6 Å². The summed E-state index contributed by atoms with van der Waals surface area (Å²) in [5, 5.41) is 5.34. The summed E-state index contributed by atoms with van der Waals surface area (Å²) < 4.78 is 2.23. The maximum Gasteiger partial charge on any atom is 0.189 e. The van der Waals surface area contributed by atoms with Gasteiger partial charge in [-0.2, -0.15) is 12.6 Å². The minimum Gasteiger partial charge on any atom is -0.293 e. The van der Waals surface area contributed by atoms with Gasteiger partial charge in [0.25, 0.3) is 0 Å². The van der Waals surface area contributed by atoms with Crippen molar-refractivity contribution >= 4 is 52.0 Å². The molecular weight excluding hydrogens is 450 g/mol. The monoisotopic (exact) mass is 477 g/mol. The Labute approximate surface area is 203 Å². The fourth-order valence-electron chi connectivity index (χ4n) is 4.41. The van der Waals surface area contributed by atoms with Gasteiger partial charge in [0.15, 0.2) is 11.0 Å². The lowest BCUT2D eigenvalue weighted by molar-refractivity contribution is 0.361. The summed E-state index contributed by atoms with van der Waals surface area (Å²) >= 11 is 6.04. The van der Waals surface area contributed by atoms with Crippen LogP contribution in [0.1, 0.15) is 37.1 Å². The molecule has 4 aromatic rings. The highest BCUT2D eigenvalue weighted by molar-refractivity contribution is 7.99. The summed E-state index contributed by atoms with van der Waals surface area (Å²) in [6.07, 6.45) is 9.50. The molecule has 9 heteroatoms. The van der Waals surface area contributed by atoms with Gasteiger partial charge < -0.3 is 0 Å². The van der Waals surface area contributed by atoms with Gasteiger partial charge in [0.1, 0.15) is 5.82 Å². The SMILES string of the molecule is CCN(CCS)CSc1ncc2cc3ccn(N4CCc5cnc(C6CC6)nc54)c3cc2n1. The van der Waals surface area contributed by atoms with E-state index in [4.69, 9.17) is 9.97 Å².